The SMILES string of the molecule is COc1ccc(C(OCCC(Cc2ccc3ccc4cccc5ccc2c3c45)OP(OCCC#N)N(C(C)C)C(C)C)(c2ccccc2)c2ccc(OC)cc2)cc1. The van der Waals surface area contributed by atoms with Crippen molar-refractivity contribution in [3.63, 3.8) is 0 Å². The maximum Gasteiger partial charge on any atom is 0.259 e. The second kappa shape index (κ2) is 18.7. The molecule has 0 heterocycles. The molecule has 0 aromatic heterocycles. The first-order chi connectivity index (χ1) is 28.3. The fourth-order valence-electron chi connectivity index (χ4n) is 8.25. The van der Waals surface area contributed by atoms with Crippen molar-refractivity contribution in [3.05, 3.63) is 156 Å². The van der Waals surface area contributed by atoms with Crippen molar-refractivity contribution in [2.45, 2.75) is 70.7 Å². The van der Waals surface area contributed by atoms with Gasteiger partial charge in [-0.1, -0.05) is 109 Å². The van der Waals surface area contributed by atoms with Crippen molar-refractivity contribution < 1.29 is 23.3 Å². The molecule has 7 nitrogen and oxygen atoms in total. The van der Waals surface area contributed by atoms with E-state index in [-0.39, 0.29) is 18.2 Å². The van der Waals surface area contributed by atoms with E-state index in [4.69, 9.17) is 23.3 Å². The Labute approximate surface area is 344 Å². The number of benzene rings is 7. The van der Waals surface area contributed by atoms with Crippen LogP contribution in [0.5, 0.6) is 11.5 Å². The van der Waals surface area contributed by atoms with Gasteiger partial charge in [-0.3, -0.25) is 0 Å². The summed E-state index contributed by atoms with van der Waals surface area (Å²) in [4.78, 5) is 0. The minimum Gasteiger partial charge on any atom is -0.497 e. The van der Waals surface area contributed by atoms with E-state index in [1.807, 2.05) is 30.3 Å². The Kier molecular flexibility index (Phi) is 13.2. The summed E-state index contributed by atoms with van der Waals surface area (Å²) in [5, 5.41) is 17.0. The third kappa shape index (κ3) is 8.54. The van der Waals surface area contributed by atoms with Crippen molar-refractivity contribution in [1.82, 2.24) is 4.67 Å². The van der Waals surface area contributed by atoms with Crippen LogP contribution >= 0.6 is 8.53 Å². The molecule has 0 radical (unpaired) electrons. The largest absolute Gasteiger partial charge is 0.497 e. The fraction of sp³-hybridized carbons (Fsp3) is 0.300. The first-order valence-corrected chi connectivity index (χ1v) is 21.3. The lowest BCUT2D eigenvalue weighted by atomic mass is 9.80. The molecule has 8 heteroatoms. The fourth-order valence-corrected chi connectivity index (χ4v) is 9.99. The smallest absolute Gasteiger partial charge is 0.259 e. The van der Waals surface area contributed by atoms with Gasteiger partial charge in [-0.05, 0) is 119 Å². The van der Waals surface area contributed by atoms with Gasteiger partial charge in [0.2, 0.25) is 0 Å². The lowest BCUT2D eigenvalue weighted by molar-refractivity contribution is -0.00398. The number of nitrogens with zero attached hydrogens (tertiary/aromatic N) is 2. The lowest BCUT2D eigenvalue weighted by Gasteiger charge is -2.38. The third-order valence-corrected chi connectivity index (χ3v) is 13.1. The molecule has 0 aliphatic heterocycles. The molecule has 0 aliphatic rings. The Hall–Kier alpha value is -5.06. The highest BCUT2D eigenvalue weighted by atomic mass is 31.2. The van der Waals surface area contributed by atoms with Gasteiger partial charge in [-0.15, -0.1) is 0 Å². The van der Waals surface area contributed by atoms with Gasteiger partial charge in [-0.25, -0.2) is 4.67 Å². The van der Waals surface area contributed by atoms with E-state index in [0.29, 0.717) is 32.5 Å². The van der Waals surface area contributed by atoms with Crippen molar-refractivity contribution in [2.75, 3.05) is 27.4 Å². The predicted octanol–water partition coefficient (Wildman–Crippen LogP) is 12.2. The van der Waals surface area contributed by atoms with Crippen LogP contribution in [0.15, 0.2) is 133 Å². The summed E-state index contributed by atoms with van der Waals surface area (Å²) < 4.78 is 34.5. The van der Waals surface area contributed by atoms with Crippen LogP contribution in [0.25, 0.3) is 32.3 Å². The molecule has 7 aromatic rings. The summed E-state index contributed by atoms with van der Waals surface area (Å²) in [6.07, 6.45) is 1.23. The second-order valence-electron chi connectivity index (χ2n) is 15.2. The Balaban J connectivity index is 1.30. The normalized spacial score (nSPS) is 13.2. The standard InChI is InChI=1S/C50H53N2O5P/c1-35(2)52(36(3)4)58(56-32-11-31-51)57-46(34-40-19-18-39-17-16-37-12-10-13-38-20-29-47(40)49(39)48(37)38)30-33-55-50(41-14-8-7-9-15-41,42-21-25-44(53-5)26-22-42)43-23-27-45(54-6)28-24-43/h7-10,12-29,35-36,46H,11,30,32-34H2,1-6H3. The van der Waals surface area contributed by atoms with E-state index < -0.39 is 14.1 Å². The zero-order valence-corrected chi connectivity index (χ0v) is 35.2. The number of methoxy groups -OCH3 is 2. The molecular formula is C50H53N2O5P. The summed E-state index contributed by atoms with van der Waals surface area (Å²) >= 11 is 0. The number of rotatable bonds is 19. The van der Waals surface area contributed by atoms with E-state index in [1.54, 1.807) is 14.2 Å². The molecule has 0 saturated carbocycles. The summed E-state index contributed by atoms with van der Waals surface area (Å²) in [6, 6.07) is 49.2. The highest BCUT2D eigenvalue weighted by Gasteiger charge is 2.38. The van der Waals surface area contributed by atoms with E-state index >= 15 is 0 Å². The van der Waals surface area contributed by atoms with Gasteiger partial charge in [-0.2, -0.15) is 5.26 Å². The molecule has 298 valence electrons. The van der Waals surface area contributed by atoms with Crippen LogP contribution in [0.1, 0.15) is 62.8 Å². The lowest BCUT2D eigenvalue weighted by Crippen LogP contribution is -2.36. The molecule has 2 unspecified atom stereocenters. The number of hydrogen-bond donors (Lipinski definition) is 0. The van der Waals surface area contributed by atoms with Crippen molar-refractivity contribution in [3.8, 4) is 17.6 Å². The molecule has 7 aromatic carbocycles. The van der Waals surface area contributed by atoms with Gasteiger partial charge in [0.25, 0.3) is 8.53 Å². The highest BCUT2D eigenvalue weighted by molar-refractivity contribution is 7.44. The van der Waals surface area contributed by atoms with Gasteiger partial charge in [0, 0.05) is 12.1 Å². The van der Waals surface area contributed by atoms with Crippen molar-refractivity contribution >= 4 is 40.8 Å². The first kappa shape index (κ1) is 41.1. The minimum atomic E-state index is -1.52. The number of ether oxygens (including phenoxy) is 3. The third-order valence-electron chi connectivity index (χ3n) is 10.9. The van der Waals surface area contributed by atoms with Crippen LogP contribution in [0.2, 0.25) is 0 Å². The molecule has 0 saturated heterocycles. The first-order valence-electron chi connectivity index (χ1n) is 20.2. The Morgan fingerprint density at radius 1 is 0.621 bits per heavy atom. The summed E-state index contributed by atoms with van der Waals surface area (Å²) in [5.41, 5.74) is 3.20. The van der Waals surface area contributed by atoms with Crippen LogP contribution < -0.4 is 9.47 Å². The van der Waals surface area contributed by atoms with Crippen molar-refractivity contribution in [1.29, 1.82) is 5.26 Å². The maximum absolute atomic E-state index is 9.46. The molecule has 0 N–H and O–H groups in total. The Morgan fingerprint density at radius 2 is 1.17 bits per heavy atom. The summed E-state index contributed by atoms with van der Waals surface area (Å²) in [7, 11) is 1.84. The minimum absolute atomic E-state index is 0.163. The van der Waals surface area contributed by atoms with Crippen LogP contribution in [0, 0.1) is 11.3 Å². The highest BCUT2D eigenvalue weighted by Crippen LogP contribution is 2.49. The van der Waals surface area contributed by atoms with Gasteiger partial charge in [0.1, 0.15) is 17.1 Å². The number of hydrogen-bond acceptors (Lipinski definition) is 7. The molecule has 58 heavy (non-hydrogen) atoms. The van der Waals surface area contributed by atoms with E-state index in [9.17, 15) is 5.26 Å². The van der Waals surface area contributed by atoms with Crippen LogP contribution in [0.3, 0.4) is 0 Å². The van der Waals surface area contributed by atoms with Crippen LogP contribution in [0.4, 0.5) is 0 Å². The molecule has 0 bridgehead atoms. The Bertz CT molecular complexity index is 2360. The summed E-state index contributed by atoms with van der Waals surface area (Å²) in [5.74, 6) is 1.54. The molecule has 0 spiro atoms. The second-order valence-corrected chi connectivity index (χ2v) is 16.6. The molecule has 0 amide bonds. The zero-order chi connectivity index (χ0) is 40.6. The van der Waals surface area contributed by atoms with E-state index in [1.165, 1.54) is 37.9 Å². The van der Waals surface area contributed by atoms with E-state index in [0.717, 1.165) is 28.2 Å². The zero-order valence-electron chi connectivity index (χ0n) is 34.4. The molecular weight excluding hydrogens is 740 g/mol. The monoisotopic (exact) mass is 792 g/mol. The average molecular weight is 793 g/mol. The van der Waals surface area contributed by atoms with Gasteiger partial charge in [0.15, 0.2) is 0 Å². The van der Waals surface area contributed by atoms with Crippen molar-refractivity contribution in [2.24, 2.45) is 0 Å². The summed E-state index contributed by atoms with van der Waals surface area (Å²) in [6.45, 7) is 9.35. The van der Waals surface area contributed by atoms with Gasteiger partial charge in [0.05, 0.1) is 46.0 Å². The quantitative estimate of drug-likeness (QED) is 0.0349. The Morgan fingerprint density at radius 3 is 1.74 bits per heavy atom. The molecule has 7 rings (SSSR count). The molecule has 0 aliphatic carbocycles. The number of nitriles is 1. The van der Waals surface area contributed by atoms with Gasteiger partial charge < -0.3 is 23.3 Å². The van der Waals surface area contributed by atoms with Gasteiger partial charge >= 0.3 is 0 Å². The van der Waals surface area contributed by atoms with Crippen LogP contribution in [-0.2, 0) is 25.8 Å². The van der Waals surface area contributed by atoms with E-state index in [2.05, 4.69) is 142 Å². The molecule has 0 fully saturated rings. The maximum atomic E-state index is 9.46. The molecule has 2 atom stereocenters. The van der Waals surface area contributed by atoms with Crippen LogP contribution in [-0.4, -0.2) is 50.3 Å². The topological polar surface area (TPSA) is 73.2 Å². The predicted molar refractivity (Wildman–Crippen MR) is 237 cm³/mol. The average Bonchev–Trinajstić information content (AvgIpc) is 3.25.